The molecule has 7 heteroatoms. The first-order valence-corrected chi connectivity index (χ1v) is 12.1. The minimum Gasteiger partial charge on any atom is -0.357 e. The van der Waals surface area contributed by atoms with E-state index in [1.807, 2.05) is 0 Å². The molecule has 2 aliphatic heterocycles. The normalized spacial score (nSPS) is 22.6. The van der Waals surface area contributed by atoms with Crippen molar-refractivity contribution in [2.45, 2.75) is 71.5 Å². The van der Waals surface area contributed by atoms with Gasteiger partial charge in [-0.3, -0.25) is 4.90 Å². The number of benzene rings is 1. The number of guanidine groups is 1. The maximum atomic E-state index is 5.43. The van der Waals surface area contributed by atoms with Crippen molar-refractivity contribution in [3.63, 3.8) is 0 Å². The molecule has 2 aromatic rings. The van der Waals surface area contributed by atoms with E-state index in [-0.39, 0.29) is 5.41 Å². The van der Waals surface area contributed by atoms with Gasteiger partial charge in [0.1, 0.15) is 6.54 Å². The predicted molar refractivity (Wildman–Crippen MR) is 127 cm³/mol. The van der Waals surface area contributed by atoms with Crippen molar-refractivity contribution in [3.8, 4) is 0 Å². The minimum atomic E-state index is -0.145. The zero-order valence-corrected chi connectivity index (χ0v) is 20.0. The van der Waals surface area contributed by atoms with E-state index in [2.05, 4.69) is 83.3 Å². The third-order valence-corrected chi connectivity index (χ3v) is 6.53. The van der Waals surface area contributed by atoms with Crippen LogP contribution >= 0.6 is 0 Å². The van der Waals surface area contributed by atoms with Crippen LogP contribution in [0.25, 0.3) is 0 Å². The van der Waals surface area contributed by atoms with Gasteiger partial charge >= 0.3 is 0 Å². The summed E-state index contributed by atoms with van der Waals surface area (Å²) in [5.41, 5.74) is 1.27. The van der Waals surface area contributed by atoms with Crippen molar-refractivity contribution in [3.05, 3.63) is 47.6 Å². The van der Waals surface area contributed by atoms with Crippen LogP contribution in [0.5, 0.6) is 0 Å². The van der Waals surface area contributed by atoms with E-state index in [0.29, 0.717) is 30.2 Å². The maximum Gasteiger partial charge on any atom is 0.232 e. The molecular formula is C25H38N6O. The van der Waals surface area contributed by atoms with Crippen molar-refractivity contribution in [2.75, 3.05) is 26.2 Å². The standard InChI is InChI=1S/C25H38N6O/c1-5-26-24(27-16-22-28-23(32-29-22)25(2,3)4)31-15-13-21-20(18-31)12-9-14-30(21)17-19-10-7-6-8-11-19/h6-8,10-11,20-21H,5,9,12-18H2,1-4H3,(H,26,27). The molecule has 0 saturated carbocycles. The van der Waals surface area contributed by atoms with E-state index in [4.69, 9.17) is 9.52 Å². The van der Waals surface area contributed by atoms with Gasteiger partial charge in [0, 0.05) is 37.6 Å². The molecule has 2 atom stereocenters. The monoisotopic (exact) mass is 438 g/mol. The Morgan fingerprint density at radius 3 is 2.72 bits per heavy atom. The zero-order valence-electron chi connectivity index (χ0n) is 20.0. The predicted octanol–water partition coefficient (Wildman–Crippen LogP) is 3.82. The average molecular weight is 439 g/mol. The van der Waals surface area contributed by atoms with Crippen LogP contribution in [0.3, 0.4) is 0 Å². The summed E-state index contributed by atoms with van der Waals surface area (Å²) < 4.78 is 5.43. The van der Waals surface area contributed by atoms with Gasteiger partial charge in [-0.25, -0.2) is 4.99 Å². The van der Waals surface area contributed by atoms with Crippen molar-refractivity contribution in [2.24, 2.45) is 10.9 Å². The summed E-state index contributed by atoms with van der Waals surface area (Å²) >= 11 is 0. The summed E-state index contributed by atoms with van der Waals surface area (Å²) in [7, 11) is 0. The highest BCUT2D eigenvalue weighted by molar-refractivity contribution is 5.80. The highest BCUT2D eigenvalue weighted by Gasteiger charge is 2.36. The topological polar surface area (TPSA) is 69.8 Å². The number of likely N-dealkylation sites (tertiary alicyclic amines) is 2. The van der Waals surface area contributed by atoms with E-state index in [0.717, 1.165) is 32.1 Å². The lowest BCUT2D eigenvalue weighted by molar-refractivity contribution is 0.0372. The Morgan fingerprint density at radius 2 is 2.00 bits per heavy atom. The lowest BCUT2D eigenvalue weighted by Gasteiger charge is -2.48. The summed E-state index contributed by atoms with van der Waals surface area (Å²) in [4.78, 5) is 14.5. The number of nitrogens with one attached hydrogen (secondary N) is 1. The lowest BCUT2D eigenvalue weighted by atomic mass is 9.83. The number of nitrogens with zero attached hydrogens (tertiary/aromatic N) is 5. The molecule has 32 heavy (non-hydrogen) atoms. The number of aliphatic imine (C=N–C) groups is 1. The molecule has 0 aliphatic carbocycles. The van der Waals surface area contributed by atoms with Crippen LogP contribution in [0.4, 0.5) is 0 Å². The van der Waals surface area contributed by atoms with E-state index >= 15 is 0 Å². The van der Waals surface area contributed by atoms with E-state index < -0.39 is 0 Å². The Balaban J connectivity index is 1.40. The van der Waals surface area contributed by atoms with Gasteiger partial charge in [0.05, 0.1) is 0 Å². The molecule has 2 saturated heterocycles. The third kappa shape index (κ3) is 5.49. The second-order valence-electron chi connectivity index (χ2n) is 10.1. The number of hydrogen-bond donors (Lipinski definition) is 1. The van der Waals surface area contributed by atoms with Gasteiger partial charge in [-0.05, 0) is 44.2 Å². The quantitative estimate of drug-likeness (QED) is 0.565. The molecule has 0 spiro atoms. The van der Waals surface area contributed by atoms with Gasteiger partial charge in [-0.2, -0.15) is 4.98 Å². The Labute approximate surface area is 192 Å². The third-order valence-electron chi connectivity index (χ3n) is 6.53. The largest absolute Gasteiger partial charge is 0.357 e. The fraction of sp³-hybridized carbons (Fsp3) is 0.640. The van der Waals surface area contributed by atoms with Crippen LogP contribution in [-0.2, 0) is 18.5 Å². The summed E-state index contributed by atoms with van der Waals surface area (Å²) in [5.74, 6) is 2.96. The molecule has 174 valence electrons. The highest BCUT2D eigenvalue weighted by Crippen LogP contribution is 2.31. The van der Waals surface area contributed by atoms with Crippen molar-refractivity contribution in [1.82, 2.24) is 25.3 Å². The maximum absolute atomic E-state index is 5.43. The summed E-state index contributed by atoms with van der Waals surface area (Å²) in [6.45, 7) is 14.0. The van der Waals surface area contributed by atoms with Gasteiger partial charge in [0.25, 0.3) is 0 Å². The Kier molecular flexibility index (Phi) is 7.13. The molecule has 3 heterocycles. The molecule has 2 fully saturated rings. The van der Waals surface area contributed by atoms with Gasteiger partial charge in [0.15, 0.2) is 11.8 Å². The number of piperidine rings is 2. The fourth-order valence-electron chi connectivity index (χ4n) is 4.91. The highest BCUT2D eigenvalue weighted by atomic mass is 16.5. The SMILES string of the molecule is CCNC(=NCc1noc(C(C)(C)C)n1)N1CCC2C(CCCN2Cc2ccccc2)C1. The molecular weight excluding hydrogens is 400 g/mol. The van der Waals surface area contributed by atoms with Crippen LogP contribution in [-0.4, -0.2) is 58.1 Å². The van der Waals surface area contributed by atoms with Gasteiger partial charge in [-0.15, -0.1) is 0 Å². The van der Waals surface area contributed by atoms with Crippen molar-refractivity contribution in [1.29, 1.82) is 0 Å². The van der Waals surface area contributed by atoms with Crippen LogP contribution in [0, 0.1) is 5.92 Å². The van der Waals surface area contributed by atoms with E-state index in [9.17, 15) is 0 Å². The number of rotatable bonds is 5. The average Bonchev–Trinajstić information content (AvgIpc) is 3.27. The molecule has 0 amide bonds. The molecule has 1 aromatic heterocycles. The Hall–Kier alpha value is -2.41. The molecule has 1 aromatic carbocycles. The molecule has 2 aliphatic rings. The van der Waals surface area contributed by atoms with Crippen LogP contribution in [0.15, 0.2) is 39.8 Å². The smallest absolute Gasteiger partial charge is 0.232 e. The van der Waals surface area contributed by atoms with Gasteiger partial charge in [0.2, 0.25) is 5.89 Å². The van der Waals surface area contributed by atoms with E-state index in [1.165, 1.54) is 31.4 Å². The fourth-order valence-corrected chi connectivity index (χ4v) is 4.91. The van der Waals surface area contributed by atoms with Crippen molar-refractivity contribution < 1.29 is 4.52 Å². The van der Waals surface area contributed by atoms with Gasteiger partial charge in [-0.1, -0.05) is 56.3 Å². The second-order valence-corrected chi connectivity index (χ2v) is 10.1. The number of hydrogen-bond acceptors (Lipinski definition) is 5. The number of fused-ring (bicyclic) bond motifs is 1. The first-order chi connectivity index (χ1) is 15.4. The Morgan fingerprint density at radius 1 is 1.19 bits per heavy atom. The van der Waals surface area contributed by atoms with Crippen molar-refractivity contribution >= 4 is 5.96 Å². The summed E-state index contributed by atoms with van der Waals surface area (Å²) in [5, 5.41) is 7.61. The molecule has 0 bridgehead atoms. The van der Waals surface area contributed by atoms with E-state index in [1.54, 1.807) is 0 Å². The van der Waals surface area contributed by atoms with Crippen LogP contribution in [0.2, 0.25) is 0 Å². The molecule has 0 radical (unpaired) electrons. The minimum absolute atomic E-state index is 0.145. The summed E-state index contributed by atoms with van der Waals surface area (Å²) in [6.07, 6.45) is 3.75. The number of aromatic nitrogens is 2. The molecule has 7 nitrogen and oxygen atoms in total. The van der Waals surface area contributed by atoms with Crippen LogP contribution in [0.1, 0.15) is 64.2 Å². The van der Waals surface area contributed by atoms with Gasteiger partial charge < -0.3 is 14.7 Å². The molecule has 4 rings (SSSR count). The first-order valence-electron chi connectivity index (χ1n) is 12.1. The van der Waals surface area contributed by atoms with Crippen LogP contribution < -0.4 is 5.32 Å². The first kappa shape index (κ1) is 22.8. The Bertz CT molecular complexity index is 887. The molecule has 2 unspecified atom stereocenters. The second kappa shape index (κ2) is 10.0. The molecule has 1 N–H and O–H groups in total. The summed E-state index contributed by atoms with van der Waals surface area (Å²) in [6, 6.07) is 11.5. The lowest BCUT2D eigenvalue weighted by Crippen LogP contribution is -2.56. The zero-order chi connectivity index (χ0) is 22.6.